The van der Waals surface area contributed by atoms with E-state index in [1.54, 1.807) is 0 Å². The van der Waals surface area contributed by atoms with Gasteiger partial charge in [0, 0.05) is 11.8 Å². The molecule has 8 saturated carbocycles. The van der Waals surface area contributed by atoms with Gasteiger partial charge in [-0.15, -0.1) is 0 Å². The number of carbonyl (C=O) groups excluding carboxylic acids is 1. The lowest BCUT2D eigenvalue weighted by Gasteiger charge is -2.65. The first-order valence-electron chi connectivity index (χ1n) is 20.7. The van der Waals surface area contributed by atoms with Crippen LogP contribution in [0.15, 0.2) is 0 Å². The van der Waals surface area contributed by atoms with E-state index in [2.05, 4.69) is 41.5 Å². The number of rotatable bonds is 4. The fourth-order valence-corrected chi connectivity index (χ4v) is 17.4. The molecule has 8 aliphatic carbocycles. The molecule has 44 heavy (non-hydrogen) atoms. The molecule has 0 aliphatic heterocycles. The molecule has 1 nitrogen and oxygen atoms in total. The van der Waals surface area contributed by atoms with Crippen LogP contribution in [0.3, 0.4) is 0 Å². The molecule has 248 valence electrons. The highest BCUT2D eigenvalue weighted by Crippen LogP contribution is 2.72. The molecule has 0 heterocycles. The zero-order valence-electron chi connectivity index (χ0n) is 30.0. The molecule has 16 atom stereocenters. The van der Waals surface area contributed by atoms with Crippen molar-refractivity contribution in [1.82, 2.24) is 0 Å². The van der Waals surface area contributed by atoms with Gasteiger partial charge in [0.1, 0.15) is 5.78 Å². The van der Waals surface area contributed by atoms with Crippen molar-refractivity contribution in [3.63, 3.8) is 0 Å². The second-order valence-corrected chi connectivity index (χ2v) is 19.9. The summed E-state index contributed by atoms with van der Waals surface area (Å²) in [5.41, 5.74) is 1.71. The van der Waals surface area contributed by atoms with Crippen LogP contribution >= 0.6 is 0 Å². The lowest BCUT2D eigenvalue weighted by Crippen LogP contribution is -2.61. The van der Waals surface area contributed by atoms with Crippen LogP contribution in [0.4, 0.5) is 0 Å². The van der Waals surface area contributed by atoms with Crippen molar-refractivity contribution in [2.75, 3.05) is 0 Å². The summed E-state index contributed by atoms with van der Waals surface area (Å²) in [5.74, 6) is 10.4. The number of hydrogen-bond donors (Lipinski definition) is 0. The molecule has 0 radical (unpaired) electrons. The molecule has 8 fully saturated rings. The Morgan fingerprint density at radius 1 is 0.500 bits per heavy atom. The molecule has 0 amide bonds. The fourth-order valence-electron chi connectivity index (χ4n) is 17.4. The van der Waals surface area contributed by atoms with Crippen molar-refractivity contribution in [1.29, 1.82) is 0 Å². The molecule has 8 rings (SSSR count). The molecule has 0 bridgehead atoms. The zero-order valence-corrected chi connectivity index (χ0v) is 30.0. The average Bonchev–Trinajstić information content (AvgIpc) is 3.55. The normalized spacial score (nSPS) is 58.1. The van der Waals surface area contributed by atoms with Gasteiger partial charge in [0.25, 0.3) is 0 Å². The van der Waals surface area contributed by atoms with E-state index in [0.717, 1.165) is 65.0 Å². The maximum absolute atomic E-state index is 15.6. The van der Waals surface area contributed by atoms with Crippen molar-refractivity contribution >= 4 is 5.78 Å². The summed E-state index contributed by atoms with van der Waals surface area (Å²) in [7, 11) is 0. The SMILES string of the molecule is CC[C@H]1CC[C@H]2[C@@H]3CCC4CCCC(C(=O)C5CCCC6CC[C@@H]7[C@H](CC[C@]8(C)[C@@H](CC)CC[C@@H]78)[C@]65C)[C@]4(C)[C@H]3CC[C@]12C. The summed E-state index contributed by atoms with van der Waals surface area (Å²) in [6.45, 7) is 15.8. The summed E-state index contributed by atoms with van der Waals surface area (Å²) in [5, 5.41) is 0. The molecule has 4 unspecified atom stereocenters. The zero-order chi connectivity index (χ0) is 30.6. The van der Waals surface area contributed by atoms with Crippen LogP contribution in [-0.2, 0) is 4.79 Å². The molecular weight excluding hydrogens is 532 g/mol. The summed E-state index contributed by atoms with van der Waals surface area (Å²) >= 11 is 0. The standard InChI is InChI=1S/C43H70O/c1-7-27-17-21-33-31-19-15-29-11-9-13-37(42(29,5)35(31)23-25-40(27,33)3)39(44)38-14-10-12-30-16-20-32-34-22-18-28(8-2)41(34,4)26-24-36(32)43(30,38)6/h27-38H,7-26H2,1-6H3/t27-,28-,29?,30?,31-,32-,33-,34-,35-,36-,37?,38?,40+,41+,42-,43-/m0/s1. The highest BCUT2D eigenvalue weighted by Gasteiger charge is 2.66. The Labute approximate surface area is 272 Å². The van der Waals surface area contributed by atoms with E-state index in [9.17, 15) is 0 Å². The minimum Gasteiger partial charge on any atom is -0.299 e. The third kappa shape index (κ3) is 3.98. The number of carbonyl (C=O) groups is 1. The van der Waals surface area contributed by atoms with Crippen LogP contribution in [-0.4, -0.2) is 5.78 Å². The van der Waals surface area contributed by atoms with Gasteiger partial charge in [-0.2, -0.15) is 0 Å². The fraction of sp³-hybridized carbons (Fsp3) is 0.977. The first-order valence-corrected chi connectivity index (χ1v) is 20.7. The molecule has 0 aromatic rings. The van der Waals surface area contributed by atoms with Crippen molar-refractivity contribution in [3.8, 4) is 0 Å². The minimum atomic E-state index is 0.270. The topological polar surface area (TPSA) is 17.1 Å². The van der Waals surface area contributed by atoms with E-state index in [-0.39, 0.29) is 10.8 Å². The molecule has 1 heteroatoms. The van der Waals surface area contributed by atoms with E-state index >= 15 is 4.79 Å². The van der Waals surface area contributed by atoms with Gasteiger partial charge in [0.15, 0.2) is 0 Å². The van der Waals surface area contributed by atoms with Crippen LogP contribution in [0, 0.1) is 92.7 Å². The van der Waals surface area contributed by atoms with Crippen molar-refractivity contribution in [2.45, 2.75) is 170 Å². The number of ketones is 1. The molecule has 0 N–H and O–H groups in total. The van der Waals surface area contributed by atoms with E-state index in [1.807, 2.05) is 0 Å². The lowest BCUT2D eigenvalue weighted by atomic mass is 9.39. The predicted molar refractivity (Wildman–Crippen MR) is 183 cm³/mol. The van der Waals surface area contributed by atoms with E-state index in [0.29, 0.717) is 22.7 Å². The number of Topliss-reactive ketones (excluding diaryl/α,β-unsaturated/α-hetero) is 1. The lowest BCUT2D eigenvalue weighted by molar-refractivity contribution is -0.177. The van der Waals surface area contributed by atoms with Crippen LogP contribution in [0.1, 0.15) is 170 Å². The largest absolute Gasteiger partial charge is 0.299 e. The quantitative estimate of drug-likeness (QED) is 0.313. The third-order valence-corrected chi connectivity index (χ3v) is 19.6. The molecule has 0 aromatic carbocycles. The van der Waals surface area contributed by atoms with Crippen molar-refractivity contribution in [2.24, 2.45) is 92.7 Å². The van der Waals surface area contributed by atoms with E-state index < -0.39 is 0 Å². The first kappa shape index (κ1) is 31.0. The third-order valence-electron chi connectivity index (χ3n) is 19.6. The Bertz CT molecular complexity index is 1020. The Morgan fingerprint density at radius 3 is 1.34 bits per heavy atom. The Balaban J connectivity index is 1.11. The van der Waals surface area contributed by atoms with E-state index in [1.165, 1.54) is 128 Å². The van der Waals surface area contributed by atoms with Crippen LogP contribution in [0.25, 0.3) is 0 Å². The molecule has 0 aromatic heterocycles. The van der Waals surface area contributed by atoms with Crippen LogP contribution in [0.5, 0.6) is 0 Å². The summed E-state index contributed by atoms with van der Waals surface area (Å²) in [4.78, 5) is 15.6. The highest BCUT2D eigenvalue weighted by atomic mass is 16.1. The smallest absolute Gasteiger partial charge is 0.140 e. The predicted octanol–water partition coefficient (Wildman–Crippen LogP) is 11.9. The molecule has 8 aliphatic rings. The monoisotopic (exact) mass is 603 g/mol. The maximum Gasteiger partial charge on any atom is 0.140 e. The minimum absolute atomic E-state index is 0.270. The summed E-state index contributed by atoms with van der Waals surface area (Å²) in [6.07, 6.45) is 28.2. The summed E-state index contributed by atoms with van der Waals surface area (Å²) < 4.78 is 0. The van der Waals surface area contributed by atoms with Gasteiger partial charge >= 0.3 is 0 Å². The van der Waals surface area contributed by atoms with E-state index in [4.69, 9.17) is 0 Å². The number of hydrogen-bond acceptors (Lipinski definition) is 1. The Morgan fingerprint density at radius 2 is 0.932 bits per heavy atom. The van der Waals surface area contributed by atoms with Crippen molar-refractivity contribution in [3.05, 3.63) is 0 Å². The Hall–Kier alpha value is -0.330. The van der Waals surface area contributed by atoms with Crippen LogP contribution < -0.4 is 0 Å². The average molecular weight is 603 g/mol. The van der Waals surface area contributed by atoms with Gasteiger partial charge in [-0.1, -0.05) is 67.2 Å². The molecular formula is C43H70O. The number of fused-ring (bicyclic) bond motifs is 10. The van der Waals surface area contributed by atoms with Gasteiger partial charge in [-0.3, -0.25) is 4.79 Å². The van der Waals surface area contributed by atoms with Gasteiger partial charge in [-0.25, -0.2) is 0 Å². The van der Waals surface area contributed by atoms with Crippen molar-refractivity contribution < 1.29 is 4.79 Å². The second kappa shape index (κ2) is 10.8. The molecule has 0 saturated heterocycles. The first-order chi connectivity index (χ1) is 21.1. The van der Waals surface area contributed by atoms with Crippen LogP contribution in [0.2, 0.25) is 0 Å². The summed E-state index contributed by atoms with van der Waals surface area (Å²) in [6, 6.07) is 0. The maximum atomic E-state index is 15.6. The van der Waals surface area contributed by atoms with Gasteiger partial charge in [0.05, 0.1) is 0 Å². The second-order valence-electron chi connectivity index (χ2n) is 19.9. The van der Waals surface area contributed by atoms with Gasteiger partial charge in [-0.05, 0) is 184 Å². The highest BCUT2D eigenvalue weighted by molar-refractivity contribution is 5.85. The Kier molecular flexibility index (Phi) is 7.63. The van der Waals surface area contributed by atoms with Gasteiger partial charge in [0.2, 0.25) is 0 Å². The van der Waals surface area contributed by atoms with Gasteiger partial charge < -0.3 is 0 Å². The molecule has 0 spiro atoms.